The van der Waals surface area contributed by atoms with E-state index in [2.05, 4.69) is 5.32 Å². The predicted octanol–water partition coefficient (Wildman–Crippen LogP) is 0.741. The van der Waals surface area contributed by atoms with E-state index >= 15 is 0 Å². The van der Waals surface area contributed by atoms with Crippen LogP contribution < -0.4 is 11.1 Å². The van der Waals surface area contributed by atoms with Crippen molar-refractivity contribution >= 4 is 0 Å². The van der Waals surface area contributed by atoms with Crippen LogP contribution in [0.2, 0.25) is 0 Å². The molecule has 0 heterocycles. The van der Waals surface area contributed by atoms with Crippen LogP contribution in [0.25, 0.3) is 0 Å². The highest BCUT2D eigenvalue weighted by Crippen LogP contribution is 1.84. The third-order valence-electron chi connectivity index (χ3n) is 1.65. The van der Waals surface area contributed by atoms with Crippen molar-refractivity contribution in [3.8, 4) is 0 Å². The number of rotatable bonds is 9. The summed E-state index contributed by atoms with van der Waals surface area (Å²) >= 11 is 0. The third-order valence-corrected chi connectivity index (χ3v) is 1.65. The normalized spacial score (nSPS) is 10.5. The molecule has 0 bridgehead atoms. The van der Waals surface area contributed by atoms with Gasteiger partial charge in [0.1, 0.15) is 0 Å². The van der Waals surface area contributed by atoms with Crippen LogP contribution in [0.3, 0.4) is 0 Å². The molecule has 0 atom stereocenters. The number of ether oxygens (including phenoxy) is 1. The Bertz CT molecular complexity index is 68.9. The fourth-order valence-electron chi connectivity index (χ4n) is 0.963. The van der Waals surface area contributed by atoms with Crippen LogP contribution >= 0.6 is 0 Å². The second-order valence-corrected chi connectivity index (χ2v) is 2.80. The van der Waals surface area contributed by atoms with E-state index in [-0.39, 0.29) is 0 Å². The van der Waals surface area contributed by atoms with Crippen molar-refractivity contribution in [1.29, 1.82) is 0 Å². The molecule has 12 heavy (non-hydrogen) atoms. The number of hydrogen-bond acceptors (Lipinski definition) is 3. The lowest BCUT2D eigenvalue weighted by molar-refractivity contribution is 0.145. The molecule has 0 saturated carbocycles. The van der Waals surface area contributed by atoms with Crippen molar-refractivity contribution in [2.45, 2.75) is 26.2 Å². The highest BCUT2D eigenvalue weighted by atomic mass is 16.5. The number of hydrogen-bond donors (Lipinski definition) is 2. The zero-order chi connectivity index (χ0) is 9.07. The van der Waals surface area contributed by atoms with Gasteiger partial charge in [-0.05, 0) is 45.8 Å². The Morgan fingerprint density at radius 3 is 2.58 bits per heavy atom. The van der Waals surface area contributed by atoms with Gasteiger partial charge < -0.3 is 15.8 Å². The van der Waals surface area contributed by atoms with Gasteiger partial charge in [0.25, 0.3) is 0 Å². The standard InChI is InChI=1S/C9H22N2O/c1-2-12-9-5-8-11-7-4-3-6-10/h11H,2-10H2,1H3. The lowest BCUT2D eigenvalue weighted by Gasteiger charge is -2.03. The Morgan fingerprint density at radius 2 is 1.92 bits per heavy atom. The second-order valence-electron chi connectivity index (χ2n) is 2.80. The minimum Gasteiger partial charge on any atom is -0.382 e. The molecule has 0 aliphatic heterocycles. The van der Waals surface area contributed by atoms with Crippen molar-refractivity contribution in [3.63, 3.8) is 0 Å². The Hall–Kier alpha value is -0.120. The summed E-state index contributed by atoms with van der Waals surface area (Å²) < 4.78 is 5.20. The summed E-state index contributed by atoms with van der Waals surface area (Å²) in [5.41, 5.74) is 5.36. The third kappa shape index (κ3) is 9.88. The summed E-state index contributed by atoms with van der Waals surface area (Å²) in [5.74, 6) is 0. The van der Waals surface area contributed by atoms with Crippen molar-refractivity contribution in [3.05, 3.63) is 0 Å². The van der Waals surface area contributed by atoms with Gasteiger partial charge in [-0.2, -0.15) is 0 Å². The zero-order valence-corrected chi connectivity index (χ0v) is 8.14. The van der Waals surface area contributed by atoms with Gasteiger partial charge in [0, 0.05) is 13.2 Å². The van der Waals surface area contributed by atoms with E-state index in [1.165, 1.54) is 6.42 Å². The molecule has 74 valence electrons. The molecule has 0 saturated heterocycles. The summed E-state index contributed by atoms with van der Waals surface area (Å²) in [6, 6.07) is 0. The first kappa shape index (κ1) is 11.9. The molecule has 0 spiro atoms. The maximum atomic E-state index is 5.36. The highest BCUT2D eigenvalue weighted by molar-refractivity contribution is 4.48. The summed E-state index contributed by atoms with van der Waals surface area (Å²) in [5, 5.41) is 3.34. The van der Waals surface area contributed by atoms with Crippen LogP contribution in [-0.2, 0) is 4.74 Å². The first-order valence-corrected chi connectivity index (χ1v) is 4.90. The van der Waals surface area contributed by atoms with Crippen molar-refractivity contribution in [2.24, 2.45) is 5.73 Å². The molecular formula is C9H22N2O. The molecule has 0 radical (unpaired) electrons. The van der Waals surface area contributed by atoms with Gasteiger partial charge in [-0.3, -0.25) is 0 Å². The first-order valence-electron chi connectivity index (χ1n) is 4.90. The molecule has 3 nitrogen and oxygen atoms in total. The maximum Gasteiger partial charge on any atom is 0.0477 e. The molecule has 0 aromatic heterocycles. The van der Waals surface area contributed by atoms with Gasteiger partial charge in [0.2, 0.25) is 0 Å². The summed E-state index contributed by atoms with van der Waals surface area (Å²) in [6.45, 7) is 6.68. The van der Waals surface area contributed by atoms with Crippen molar-refractivity contribution < 1.29 is 4.74 Å². The van der Waals surface area contributed by atoms with E-state index in [1.807, 2.05) is 6.92 Å². The lowest BCUT2D eigenvalue weighted by Crippen LogP contribution is -2.18. The summed E-state index contributed by atoms with van der Waals surface area (Å²) in [6.07, 6.45) is 3.42. The van der Waals surface area contributed by atoms with Gasteiger partial charge in [-0.25, -0.2) is 0 Å². The summed E-state index contributed by atoms with van der Waals surface area (Å²) in [7, 11) is 0. The molecule has 0 aliphatic carbocycles. The van der Waals surface area contributed by atoms with Crippen LogP contribution in [0.4, 0.5) is 0 Å². The maximum absolute atomic E-state index is 5.36. The van der Waals surface area contributed by atoms with Gasteiger partial charge in [-0.15, -0.1) is 0 Å². The molecular weight excluding hydrogens is 152 g/mol. The monoisotopic (exact) mass is 174 g/mol. The van der Waals surface area contributed by atoms with Crippen molar-refractivity contribution in [2.75, 3.05) is 32.8 Å². The molecule has 0 fully saturated rings. The molecule has 0 aromatic rings. The SMILES string of the molecule is CCOCCCNCCCCN. The average Bonchev–Trinajstić information content (AvgIpc) is 2.10. The minimum atomic E-state index is 0.806. The Labute approximate surface area is 75.7 Å². The Kier molecular flexibility index (Phi) is 10.8. The van der Waals surface area contributed by atoms with E-state index < -0.39 is 0 Å². The smallest absolute Gasteiger partial charge is 0.0477 e. The Morgan fingerprint density at radius 1 is 1.17 bits per heavy atom. The fraction of sp³-hybridized carbons (Fsp3) is 1.00. The molecule has 0 aromatic carbocycles. The van der Waals surface area contributed by atoms with Gasteiger partial charge >= 0.3 is 0 Å². The van der Waals surface area contributed by atoms with E-state index in [1.54, 1.807) is 0 Å². The largest absolute Gasteiger partial charge is 0.382 e. The van der Waals surface area contributed by atoms with E-state index in [4.69, 9.17) is 10.5 Å². The molecule has 3 heteroatoms. The average molecular weight is 174 g/mol. The van der Waals surface area contributed by atoms with Gasteiger partial charge in [0.05, 0.1) is 0 Å². The minimum absolute atomic E-state index is 0.806. The molecule has 0 rings (SSSR count). The van der Waals surface area contributed by atoms with E-state index in [0.717, 1.165) is 45.7 Å². The van der Waals surface area contributed by atoms with Crippen LogP contribution in [0, 0.1) is 0 Å². The number of unbranched alkanes of at least 4 members (excludes halogenated alkanes) is 1. The zero-order valence-electron chi connectivity index (χ0n) is 8.14. The van der Waals surface area contributed by atoms with E-state index in [0.29, 0.717) is 0 Å². The molecule has 3 N–H and O–H groups in total. The Balaban J connectivity index is 2.73. The van der Waals surface area contributed by atoms with Crippen molar-refractivity contribution in [1.82, 2.24) is 5.32 Å². The highest BCUT2D eigenvalue weighted by Gasteiger charge is 1.88. The number of nitrogens with one attached hydrogen (secondary N) is 1. The molecule has 0 unspecified atom stereocenters. The van der Waals surface area contributed by atoms with Crippen LogP contribution in [0.5, 0.6) is 0 Å². The lowest BCUT2D eigenvalue weighted by atomic mass is 10.3. The van der Waals surface area contributed by atoms with Gasteiger partial charge in [0.15, 0.2) is 0 Å². The number of nitrogens with two attached hydrogens (primary N) is 1. The van der Waals surface area contributed by atoms with E-state index in [9.17, 15) is 0 Å². The topological polar surface area (TPSA) is 47.3 Å². The first-order chi connectivity index (χ1) is 5.91. The van der Waals surface area contributed by atoms with Crippen LogP contribution in [0.1, 0.15) is 26.2 Å². The molecule has 0 amide bonds. The fourth-order valence-corrected chi connectivity index (χ4v) is 0.963. The van der Waals surface area contributed by atoms with Gasteiger partial charge in [-0.1, -0.05) is 0 Å². The second kappa shape index (κ2) is 10.9. The predicted molar refractivity (Wildman–Crippen MR) is 52.3 cm³/mol. The van der Waals surface area contributed by atoms with Crippen LogP contribution in [-0.4, -0.2) is 32.8 Å². The van der Waals surface area contributed by atoms with Crippen LogP contribution in [0.15, 0.2) is 0 Å². The quantitative estimate of drug-likeness (QED) is 0.507. The molecule has 0 aliphatic rings. The summed E-state index contributed by atoms with van der Waals surface area (Å²) in [4.78, 5) is 0.